The van der Waals surface area contributed by atoms with Gasteiger partial charge in [0.1, 0.15) is 5.75 Å². The lowest BCUT2D eigenvalue weighted by molar-refractivity contribution is 0.00503. The summed E-state index contributed by atoms with van der Waals surface area (Å²) in [6.07, 6.45) is -1.10. The maximum Gasteiger partial charge on any atom is 0.189 e. The molecule has 0 radical (unpaired) electrons. The molecule has 0 aliphatic carbocycles. The van der Waals surface area contributed by atoms with Gasteiger partial charge in [0.05, 0.1) is 12.7 Å². The van der Waals surface area contributed by atoms with E-state index in [2.05, 4.69) is 0 Å². The monoisotopic (exact) mass is 269 g/mol. The van der Waals surface area contributed by atoms with E-state index in [0.717, 1.165) is 5.56 Å². The van der Waals surface area contributed by atoms with Crippen LogP contribution in [0.3, 0.4) is 0 Å². The van der Waals surface area contributed by atoms with Gasteiger partial charge in [0.2, 0.25) is 0 Å². The molecule has 2 rings (SSSR count). The Morgan fingerprint density at radius 3 is 2.40 bits per heavy atom. The van der Waals surface area contributed by atoms with Crippen molar-refractivity contribution >= 4 is 0 Å². The molecule has 2 aromatic rings. The molecule has 1 unspecified atom stereocenters. The Hall–Kier alpha value is -2.35. The summed E-state index contributed by atoms with van der Waals surface area (Å²) >= 11 is 0. The van der Waals surface area contributed by atoms with Crippen LogP contribution in [0.15, 0.2) is 54.6 Å². The molecule has 20 heavy (non-hydrogen) atoms. The highest BCUT2D eigenvalue weighted by molar-refractivity contribution is 5.30. The predicted molar refractivity (Wildman–Crippen MR) is 73.7 cm³/mol. The van der Waals surface area contributed by atoms with Crippen LogP contribution >= 0.6 is 0 Å². The lowest BCUT2D eigenvalue weighted by Crippen LogP contribution is -2.03. The molecule has 0 aliphatic rings. The van der Waals surface area contributed by atoms with E-state index in [9.17, 15) is 5.11 Å². The molecule has 0 heterocycles. The molecular weight excluding hydrogens is 254 g/mol. The van der Waals surface area contributed by atoms with Gasteiger partial charge >= 0.3 is 0 Å². The van der Waals surface area contributed by atoms with Crippen molar-refractivity contribution in [2.75, 3.05) is 6.79 Å². The van der Waals surface area contributed by atoms with Crippen molar-refractivity contribution in [2.45, 2.75) is 12.7 Å². The van der Waals surface area contributed by atoms with Gasteiger partial charge in [0.25, 0.3) is 0 Å². The molecule has 0 aromatic heterocycles. The molecule has 2 aromatic carbocycles. The summed E-state index contributed by atoms with van der Waals surface area (Å²) < 4.78 is 10.8. The molecule has 0 aliphatic heterocycles. The van der Waals surface area contributed by atoms with E-state index in [4.69, 9.17) is 14.7 Å². The second-order valence-electron chi connectivity index (χ2n) is 4.20. The number of aliphatic hydroxyl groups is 1. The standard InChI is InChI=1S/C16H15NO3/c17-10-16(18)14-6-8-15(9-7-14)20-12-19-11-13-4-2-1-3-5-13/h1-9,16,18H,11-12H2. The zero-order valence-electron chi connectivity index (χ0n) is 10.9. The third kappa shape index (κ3) is 4.09. The van der Waals surface area contributed by atoms with E-state index in [1.165, 1.54) is 0 Å². The van der Waals surface area contributed by atoms with Gasteiger partial charge in [-0.25, -0.2) is 0 Å². The van der Waals surface area contributed by atoms with Crippen molar-refractivity contribution < 1.29 is 14.6 Å². The van der Waals surface area contributed by atoms with Crippen molar-refractivity contribution in [1.29, 1.82) is 5.26 Å². The Balaban J connectivity index is 1.76. The van der Waals surface area contributed by atoms with E-state index in [0.29, 0.717) is 17.9 Å². The average molecular weight is 269 g/mol. The van der Waals surface area contributed by atoms with Crippen LogP contribution in [0.5, 0.6) is 5.75 Å². The van der Waals surface area contributed by atoms with Gasteiger partial charge in [-0.3, -0.25) is 0 Å². The third-order valence-corrected chi connectivity index (χ3v) is 2.74. The predicted octanol–water partition coefficient (Wildman–Crippen LogP) is 2.80. The van der Waals surface area contributed by atoms with E-state index in [-0.39, 0.29) is 6.79 Å². The van der Waals surface area contributed by atoms with Gasteiger partial charge in [-0.05, 0) is 23.3 Å². The van der Waals surface area contributed by atoms with Crippen LogP contribution in [0, 0.1) is 11.3 Å². The van der Waals surface area contributed by atoms with Crippen LogP contribution in [-0.4, -0.2) is 11.9 Å². The van der Waals surface area contributed by atoms with Gasteiger partial charge in [0, 0.05) is 0 Å². The van der Waals surface area contributed by atoms with Crippen molar-refractivity contribution in [2.24, 2.45) is 0 Å². The molecule has 0 bridgehead atoms. The van der Waals surface area contributed by atoms with E-state index in [1.54, 1.807) is 30.3 Å². The van der Waals surface area contributed by atoms with Crippen molar-refractivity contribution in [3.8, 4) is 11.8 Å². The first-order valence-electron chi connectivity index (χ1n) is 6.21. The number of nitrogens with zero attached hydrogens (tertiary/aromatic N) is 1. The highest BCUT2D eigenvalue weighted by Crippen LogP contribution is 2.17. The lowest BCUT2D eigenvalue weighted by atomic mass is 10.1. The summed E-state index contributed by atoms with van der Waals surface area (Å²) in [5.74, 6) is 0.631. The van der Waals surface area contributed by atoms with Crippen LogP contribution in [0.4, 0.5) is 0 Å². The number of rotatable bonds is 6. The maximum atomic E-state index is 9.33. The number of nitriles is 1. The van der Waals surface area contributed by atoms with Crippen LogP contribution in [0.1, 0.15) is 17.2 Å². The molecule has 0 spiro atoms. The second-order valence-corrected chi connectivity index (χ2v) is 4.20. The second kappa shape index (κ2) is 7.29. The van der Waals surface area contributed by atoms with Gasteiger partial charge in [0.15, 0.2) is 12.9 Å². The van der Waals surface area contributed by atoms with Crippen molar-refractivity contribution in [1.82, 2.24) is 0 Å². The molecule has 0 saturated heterocycles. The molecule has 0 amide bonds. The maximum absolute atomic E-state index is 9.33. The topological polar surface area (TPSA) is 62.5 Å². The zero-order valence-corrected chi connectivity index (χ0v) is 10.9. The fraction of sp³-hybridized carbons (Fsp3) is 0.188. The van der Waals surface area contributed by atoms with Crippen molar-refractivity contribution in [3.63, 3.8) is 0 Å². The fourth-order valence-electron chi connectivity index (χ4n) is 1.66. The van der Waals surface area contributed by atoms with Crippen molar-refractivity contribution in [3.05, 3.63) is 65.7 Å². The van der Waals surface area contributed by atoms with Gasteiger partial charge in [-0.2, -0.15) is 5.26 Å². The largest absolute Gasteiger partial charge is 0.468 e. The zero-order chi connectivity index (χ0) is 14.2. The molecular formula is C16H15NO3. The molecule has 102 valence electrons. The number of hydrogen-bond donors (Lipinski definition) is 1. The molecule has 4 nitrogen and oxygen atoms in total. The number of hydrogen-bond acceptors (Lipinski definition) is 4. The normalized spacial score (nSPS) is 11.6. The Labute approximate surface area is 117 Å². The lowest BCUT2D eigenvalue weighted by Gasteiger charge is -2.08. The molecule has 0 saturated carbocycles. The van der Waals surface area contributed by atoms with Crippen LogP contribution in [0.25, 0.3) is 0 Å². The summed E-state index contributed by atoms with van der Waals surface area (Å²) in [6.45, 7) is 0.640. The minimum absolute atomic E-state index is 0.148. The molecule has 4 heteroatoms. The van der Waals surface area contributed by atoms with Gasteiger partial charge < -0.3 is 14.6 Å². The Bertz CT molecular complexity index is 561. The van der Waals surface area contributed by atoms with Gasteiger partial charge in [-0.1, -0.05) is 42.5 Å². The van der Waals surface area contributed by atoms with Crippen LogP contribution < -0.4 is 4.74 Å². The SMILES string of the molecule is N#CC(O)c1ccc(OCOCc2ccccc2)cc1. The minimum Gasteiger partial charge on any atom is -0.468 e. The van der Waals surface area contributed by atoms with E-state index < -0.39 is 6.10 Å². The van der Waals surface area contributed by atoms with E-state index in [1.807, 2.05) is 30.3 Å². The Kier molecular flexibility index (Phi) is 5.13. The first kappa shape index (κ1) is 14.1. The highest BCUT2D eigenvalue weighted by Gasteiger charge is 2.04. The summed E-state index contributed by atoms with van der Waals surface area (Å²) in [5.41, 5.74) is 1.63. The molecule has 1 N–H and O–H groups in total. The number of benzene rings is 2. The van der Waals surface area contributed by atoms with Gasteiger partial charge in [-0.15, -0.1) is 0 Å². The van der Waals surface area contributed by atoms with E-state index >= 15 is 0 Å². The smallest absolute Gasteiger partial charge is 0.189 e. The Morgan fingerprint density at radius 1 is 1.05 bits per heavy atom. The van der Waals surface area contributed by atoms with Crippen LogP contribution in [0.2, 0.25) is 0 Å². The fourth-order valence-corrected chi connectivity index (χ4v) is 1.66. The first-order chi connectivity index (χ1) is 9.79. The highest BCUT2D eigenvalue weighted by atomic mass is 16.7. The summed E-state index contributed by atoms with van der Waals surface area (Å²) in [4.78, 5) is 0. The molecule has 0 fully saturated rings. The summed E-state index contributed by atoms with van der Waals surface area (Å²) in [7, 11) is 0. The Morgan fingerprint density at radius 2 is 1.75 bits per heavy atom. The van der Waals surface area contributed by atoms with Crippen LogP contribution in [-0.2, 0) is 11.3 Å². The summed E-state index contributed by atoms with van der Waals surface area (Å²) in [5, 5.41) is 17.9. The third-order valence-electron chi connectivity index (χ3n) is 2.74. The first-order valence-corrected chi connectivity index (χ1v) is 6.21. The number of aliphatic hydroxyl groups excluding tert-OH is 1. The quantitative estimate of drug-likeness (QED) is 0.497. The minimum atomic E-state index is -1.10. The molecule has 1 atom stereocenters. The average Bonchev–Trinajstić information content (AvgIpc) is 2.52. The number of ether oxygens (including phenoxy) is 2. The summed E-state index contributed by atoms with van der Waals surface area (Å²) in [6, 6.07) is 18.3.